The van der Waals surface area contributed by atoms with Crippen LogP contribution in [0.2, 0.25) is 0 Å². The zero-order valence-corrected chi connectivity index (χ0v) is 12.5. The van der Waals surface area contributed by atoms with Gasteiger partial charge in [0.2, 0.25) is 0 Å². The number of unbranched alkanes of at least 4 members (excludes halogenated alkanes) is 11. The molecule has 0 aromatic carbocycles. The topological polar surface area (TPSA) is 0 Å². The van der Waals surface area contributed by atoms with Crippen LogP contribution in [0.25, 0.3) is 0 Å². The van der Waals surface area contributed by atoms with Crippen LogP contribution in [0.1, 0.15) is 90.9 Å². The van der Waals surface area contributed by atoms with Gasteiger partial charge in [0.05, 0.1) is 0 Å². The molecule has 0 nitrogen and oxygen atoms in total. The Hall–Kier alpha value is -0.880. The van der Waals surface area contributed by atoms with Gasteiger partial charge in [-0.2, -0.15) is 0 Å². The van der Waals surface area contributed by atoms with Crippen LogP contribution in [-0.4, -0.2) is 0 Å². The highest BCUT2D eigenvalue weighted by atomic mass is 14.0. The van der Waals surface area contributed by atoms with E-state index < -0.39 is 0 Å². The zero-order valence-electron chi connectivity index (χ0n) is 12.5. The monoisotopic (exact) mass is 246 g/mol. The summed E-state index contributed by atoms with van der Waals surface area (Å²) in [7, 11) is 0. The van der Waals surface area contributed by atoms with Crippen LogP contribution in [0.15, 0.2) is 0 Å². The molecule has 0 aliphatic heterocycles. The molecule has 0 fully saturated rings. The van der Waals surface area contributed by atoms with Gasteiger partial charge in [0.1, 0.15) is 0 Å². The maximum atomic E-state index is 3.13. The lowest BCUT2D eigenvalue weighted by Crippen LogP contribution is -1.82. The minimum atomic E-state index is 1.09. The first-order chi connectivity index (χ1) is 8.91. The molecule has 0 N–H and O–H groups in total. The summed E-state index contributed by atoms with van der Waals surface area (Å²) in [6.45, 7) is 3.85. The van der Waals surface area contributed by atoms with Gasteiger partial charge in [-0.15, -0.1) is 23.7 Å². The summed E-state index contributed by atoms with van der Waals surface area (Å²) in [5, 5.41) is 0. The maximum Gasteiger partial charge on any atom is 0.00885 e. The van der Waals surface area contributed by atoms with Crippen LogP contribution in [-0.2, 0) is 0 Å². The van der Waals surface area contributed by atoms with Gasteiger partial charge in [-0.1, -0.05) is 51.4 Å². The average Bonchev–Trinajstić information content (AvgIpc) is 2.39. The molecular formula is C18H30. The van der Waals surface area contributed by atoms with Crippen molar-refractivity contribution in [1.82, 2.24) is 0 Å². The normalized spacial score (nSPS) is 9.22. The molecule has 0 aromatic rings. The minimum Gasteiger partial charge on any atom is -0.107 e. The molecular weight excluding hydrogens is 216 g/mol. The lowest BCUT2D eigenvalue weighted by molar-refractivity contribution is 0.555. The van der Waals surface area contributed by atoms with E-state index in [0.29, 0.717) is 0 Å². The molecule has 0 saturated heterocycles. The van der Waals surface area contributed by atoms with Crippen LogP contribution >= 0.6 is 0 Å². The Morgan fingerprint density at radius 1 is 0.444 bits per heavy atom. The van der Waals surface area contributed by atoms with E-state index in [2.05, 4.69) is 23.7 Å². The SMILES string of the molecule is CC#CCCCCCCCCCCCCC#CC. The van der Waals surface area contributed by atoms with E-state index in [1.165, 1.54) is 64.2 Å². The Bertz CT molecular complexity index is 236. The molecule has 0 atom stereocenters. The van der Waals surface area contributed by atoms with Gasteiger partial charge in [0, 0.05) is 12.8 Å². The number of hydrogen-bond donors (Lipinski definition) is 0. The molecule has 0 spiro atoms. The molecule has 0 unspecified atom stereocenters. The maximum absolute atomic E-state index is 3.13. The quantitative estimate of drug-likeness (QED) is 0.323. The van der Waals surface area contributed by atoms with Crippen molar-refractivity contribution in [3.8, 4) is 23.7 Å². The fourth-order valence-corrected chi connectivity index (χ4v) is 2.09. The molecule has 0 aliphatic carbocycles. The van der Waals surface area contributed by atoms with Crippen LogP contribution < -0.4 is 0 Å². The van der Waals surface area contributed by atoms with E-state index in [1.807, 2.05) is 13.8 Å². The summed E-state index contributed by atoms with van der Waals surface area (Å²) >= 11 is 0. The zero-order chi connectivity index (χ0) is 13.3. The van der Waals surface area contributed by atoms with E-state index in [9.17, 15) is 0 Å². The summed E-state index contributed by atoms with van der Waals surface area (Å²) < 4.78 is 0. The van der Waals surface area contributed by atoms with Gasteiger partial charge in [-0.25, -0.2) is 0 Å². The van der Waals surface area contributed by atoms with Crippen molar-refractivity contribution < 1.29 is 0 Å². The molecule has 0 heteroatoms. The summed E-state index contributed by atoms with van der Waals surface area (Å²) in [6.07, 6.45) is 16.0. The third kappa shape index (κ3) is 15.1. The Kier molecular flexibility index (Phi) is 15.3. The van der Waals surface area contributed by atoms with Crippen LogP contribution in [0.4, 0.5) is 0 Å². The van der Waals surface area contributed by atoms with Crippen molar-refractivity contribution >= 4 is 0 Å². The Morgan fingerprint density at radius 3 is 1.00 bits per heavy atom. The lowest BCUT2D eigenvalue weighted by atomic mass is 10.1. The van der Waals surface area contributed by atoms with Crippen molar-refractivity contribution in [3.05, 3.63) is 0 Å². The fourth-order valence-electron chi connectivity index (χ4n) is 2.09. The van der Waals surface area contributed by atoms with E-state index >= 15 is 0 Å². The molecule has 0 saturated carbocycles. The molecule has 0 heterocycles. The van der Waals surface area contributed by atoms with E-state index in [-0.39, 0.29) is 0 Å². The van der Waals surface area contributed by atoms with E-state index in [4.69, 9.17) is 0 Å². The largest absolute Gasteiger partial charge is 0.107 e. The number of rotatable bonds is 11. The van der Waals surface area contributed by atoms with Crippen molar-refractivity contribution in [2.24, 2.45) is 0 Å². The molecule has 0 aliphatic rings. The van der Waals surface area contributed by atoms with Crippen molar-refractivity contribution in [2.45, 2.75) is 90.9 Å². The smallest absolute Gasteiger partial charge is 0.00885 e. The first-order valence-corrected chi connectivity index (χ1v) is 7.71. The Balaban J connectivity index is 2.97. The fraction of sp³-hybridized carbons (Fsp3) is 0.778. The molecule has 0 amide bonds. The van der Waals surface area contributed by atoms with E-state index in [0.717, 1.165) is 12.8 Å². The van der Waals surface area contributed by atoms with Crippen molar-refractivity contribution in [3.63, 3.8) is 0 Å². The second kappa shape index (κ2) is 16.1. The van der Waals surface area contributed by atoms with Crippen LogP contribution in [0.3, 0.4) is 0 Å². The molecule has 0 aromatic heterocycles. The first-order valence-electron chi connectivity index (χ1n) is 7.71. The minimum absolute atomic E-state index is 1.09. The van der Waals surface area contributed by atoms with Crippen molar-refractivity contribution in [2.75, 3.05) is 0 Å². The predicted molar refractivity (Wildman–Crippen MR) is 82.3 cm³/mol. The highest BCUT2D eigenvalue weighted by Crippen LogP contribution is 2.11. The van der Waals surface area contributed by atoms with Gasteiger partial charge in [0.15, 0.2) is 0 Å². The molecule has 0 radical (unpaired) electrons. The molecule has 18 heavy (non-hydrogen) atoms. The summed E-state index contributed by atoms with van der Waals surface area (Å²) in [5.41, 5.74) is 0. The molecule has 102 valence electrons. The Labute approximate surface area is 115 Å². The first kappa shape index (κ1) is 17.1. The van der Waals surface area contributed by atoms with Gasteiger partial charge in [0.25, 0.3) is 0 Å². The third-order valence-electron chi connectivity index (χ3n) is 3.21. The van der Waals surface area contributed by atoms with Crippen LogP contribution in [0.5, 0.6) is 0 Å². The van der Waals surface area contributed by atoms with Crippen molar-refractivity contribution in [1.29, 1.82) is 0 Å². The predicted octanol–water partition coefficient (Wildman–Crippen LogP) is 5.71. The number of hydrogen-bond acceptors (Lipinski definition) is 0. The molecule has 0 bridgehead atoms. The van der Waals surface area contributed by atoms with Gasteiger partial charge < -0.3 is 0 Å². The average molecular weight is 246 g/mol. The standard InChI is InChI=1S/C18H30/c1-3-5-7-9-11-13-15-17-18-16-14-12-10-8-6-4-2/h7-18H2,1-2H3. The summed E-state index contributed by atoms with van der Waals surface area (Å²) in [4.78, 5) is 0. The highest BCUT2D eigenvalue weighted by Gasteiger charge is 1.92. The van der Waals surface area contributed by atoms with Crippen LogP contribution in [0, 0.1) is 23.7 Å². The van der Waals surface area contributed by atoms with Gasteiger partial charge in [-0.05, 0) is 26.7 Å². The second-order valence-corrected chi connectivity index (χ2v) is 4.89. The van der Waals surface area contributed by atoms with Gasteiger partial charge in [-0.3, -0.25) is 0 Å². The molecule has 0 rings (SSSR count). The third-order valence-corrected chi connectivity index (χ3v) is 3.21. The summed E-state index contributed by atoms with van der Waals surface area (Å²) in [6, 6.07) is 0. The van der Waals surface area contributed by atoms with E-state index in [1.54, 1.807) is 0 Å². The summed E-state index contributed by atoms with van der Waals surface area (Å²) in [5.74, 6) is 12.2. The Morgan fingerprint density at radius 2 is 0.722 bits per heavy atom. The van der Waals surface area contributed by atoms with Gasteiger partial charge >= 0.3 is 0 Å². The second-order valence-electron chi connectivity index (χ2n) is 4.89. The lowest BCUT2D eigenvalue weighted by Gasteiger charge is -2.01. The highest BCUT2D eigenvalue weighted by molar-refractivity contribution is 4.94.